The van der Waals surface area contributed by atoms with Crippen LogP contribution in [0.5, 0.6) is 5.75 Å². The second-order valence-electron chi connectivity index (χ2n) is 9.23. The highest BCUT2D eigenvalue weighted by atomic mass is 19.1. The van der Waals surface area contributed by atoms with Crippen LogP contribution in [-0.2, 0) is 10.2 Å². The number of halogens is 1. The molecule has 0 radical (unpaired) electrons. The highest BCUT2D eigenvalue weighted by molar-refractivity contribution is 5.94. The van der Waals surface area contributed by atoms with Gasteiger partial charge in [0.2, 0.25) is 5.91 Å². The summed E-state index contributed by atoms with van der Waals surface area (Å²) in [6, 6.07) is 14.1. The smallest absolute Gasteiger partial charge is 0.256 e. The molecule has 1 heterocycles. The van der Waals surface area contributed by atoms with Gasteiger partial charge in [-0.3, -0.25) is 9.59 Å². The number of rotatable bonds is 6. The van der Waals surface area contributed by atoms with Crippen molar-refractivity contribution in [1.82, 2.24) is 9.80 Å². The van der Waals surface area contributed by atoms with E-state index in [2.05, 4.69) is 32.9 Å². The quantitative estimate of drug-likeness (QED) is 0.614. The van der Waals surface area contributed by atoms with Crippen molar-refractivity contribution >= 4 is 11.8 Å². The third kappa shape index (κ3) is 6.31. The summed E-state index contributed by atoms with van der Waals surface area (Å²) in [7, 11) is 0. The molecule has 0 atom stereocenters. The average Bonchev–Trinajstić information content (AvgIpc) is 3.03. The molecule has 1 saturated heterocycles. The van der Waals surface area contributed by atoms with Gasteiger partial charge in [0.1, 0.15) is 11.6 Å². The van der Waals surface area contributed by atoms with Crippen LogP contribution in [0.2, 0.25) is 0 Å². The van der Waals surface area contributed by atoms with Gasteiger partial charge in [-0.25, -0.2) is 4.39 Å². The minimum absolute atomic E-state index is 0.0665. The zero-order chi connectivity index (χ0) is 23.1. The monoisotopic (exact) mass is 440 g/mol. The number of hydrogen-bond donors (Lipinski definition) is 0. The van der Waals surface area contributed by atoms with Gasteiger partial charge in [0, 0.05) is 32.6 Å². The molecule has 0 aliphatic carbocycles. The van der Waals surface area contributed by atoms with Crippen LogP contribution in [0.25, 0.3) is 0 Å². The average molecular weight is 441 g/mol. The lowest BCUT2D eigenvalue weighted by atomic mass is 9.87. The summed E-state index contributed by atoms with van der Waals surface area (Å²) in [4.78, 5) is 28.7. The summed E-state index contributed by atoms with van der Waals surface area (Å²) in [5, 5.41) is 0. The van der Waals surface area contributed by atoms with E-state index in [1.807, 2.05) is 12.1 Å². The van der Waals surface area contributed by atoms with E-state index in [0.29, 0.717) is 52.0 Å². The van der Waals surface area contributed by atoms with E-state index in [1.54, 1.807) is 21.9 Å². The second kappa shape index (κ2) is 10.6. The lowest BCUT2D eigenvalue weighted by molar-refractivity contribution is -0.131. The fourth-order valence-electron chi connectivity index (χ4n) is 3.80. The Morgan fingerprint density at radius 1 is 0.938 bits per heavy atom. The van der Waals surface area contributed by atoms with Crippen molar-refractivity contribution in [3.05, 3.63) is 65.5 Å². The third-order valence-corrected chi connectivity index (χ3v) is 5.76. The van der Waals surface area contributed by atoms with Gasteiger partial charge in [0.15, 0.2) is 0 Å². The van der Waals surface area contributed by atoms with E-state index in [0.717, 1.165) is 5.75 Å². The van der Waals surface area contributed by atoms with Gasteiger partial charge >= 0.3 is 0 Å². The molecule has 0 bridgehead atoms. The van der Waals surface area contributed by atoms with Gasteiger partial charge in [-0.2, -0.15) is 0 Å². The van der Waals surface area contributed by atoms with Crippen LogP contribution in [0.1, 0.15) is 56.0 Å². The first-order valence-electron chi connectivity index (χ1n) is 11.3. The molecular weight excluding hydrogens is 407 g/mol. The SMILES string of the molecule is CC(C)(C)c1ccc(OCCCC(=O)N2CCCN(C(=O)c3ccccc3F)CC2)cc1. The lowest BCUT2D eigenvalue weighted by Gasteiger charge is -2.22. The highest BCUT2D eigenvalue weighted by Crippen LogP contribution is 2.24. The van der Waals surface area contributed by atoms with Crippen LogP contribution >= 0.6 is 0 Å². The van der Waals surface area contributed by atoms with Crippen LogP contribution < -0.4 is 4.74 Å². The van der Waals surface area contributed by atoms with E-state index in [-0.39, 0.29) is 22.8 Å². The fraction of sp³-hybridized carbons (Fsp3) is 0.462. The Bertz CT molecular complexity index is 921. The molecule has 2 aromatic rings. The number of ether oxygens (including phenoxy) is 1. The Balaban J connectivity index is 1.42. The Morgan fingerprint density at radius 3 is 2.28 bits per heavy atom. The molecule has 1 fully saturated rings. The summed E-state index contributed by atoms with van der Waals surface area (Å²) < 4.78 is 19.7. The van der Waals surface area contributed by atoms with Crippen LogP contribution in [0.15, 0.2) is 48.5 Å². The first-order valence-corrected chi connectivity index (χ1v) is 11.3. The van der Waals surface area contributed by atoms with Crippen LogP contribution in [0, 0.1) is 5.82 Å². The standard InChI is InChI=1S/C26H33FN2O3/c1-26(2,3)20-11-13-21(14-12-20)32-19-6-10-24(30)28-15-7-16-29(18-17-28)25(31)22-8-4-5-9-23(22)27/h4-5,8-9,11-14H,6-7,10,15-19H2,1-3H3. The molecule has 1 aliphatic heterocycles. The molecule has 32 heavy (non-hydrogen) atoms. The number of nitrogens with zero attached hydrogens (tertiary/aromatic N) is 2. The van der Waals surface area contributed by atoms with Gasteiger partial charge in [0.25, 0.3) is 5.91 Å². The largest absolute Gasteiger partial charge is 0.494 e. The van der Waals surface area contributed by atoms with Crippen molar-refractivity contribution in [1.29, 1.82) is 0 Å². The van der Waals surface area contributed by atoms with E-state index < -0.39 is 5.82 Å². The first kappa shape index (κ1) is 23.8. The molecule has 5 nitrogen and oxygen atoms in total. The van der Waals surface area contributed by atoms with E-state index in [1.165, 1.54) is 17.7 Å². The number of carbonyl (C=O) groups is 2. The summed E-state index contributed by atoms with van der Waals surface area (Å²) in [6.45, 7) is 9.00. The van der Waals surface area contributed by atoms with E-state index >= 15 is 0 Å². The summed E-state index contributed by atoms with van der Waals surface area (Å²) in [5.41, 5.74) is 1.44. The highest BCUT2D eigenvalue weighted by Gasteiger charge is 2.24. The molecular formula is C26H33FN2O3. The lowest BCUT2D eigenvalue weighted by Crippen LogP contribution is -2.37. The molecule has 0 aromatic heterocycles. The van der Waals surface area contributed by atoms with Crippen LogP contribution in [0.4, 0.5) is 4.39 Å². The molecule has 6 heteroatoms. The van der Waals surface area contributed by atoms with E-state index in [9.17, 15) is 14.0 Å². The maximum atomic E-state index is 13.9. The molecule has 0 spiro atoms. The first-order chi connectivity index (χ1) is 15.3. The Labute approximate surface area is 190 Å². The number of hydrogen-bond acceptors (Lipinski definition) is 3. The van der Waals surface area contributed by atoms with Gasteiger partial charge in [0.05, 0.1) is 12.2 Å². The number of carbonyl (C=O) groups excluding carboxylic acids is 2. The second-order valence-corrected chi connectivity index (χ2v) is 9.23. The molecule has 2 amide bonds. The number of amides is 2. The maximum Gasteiger partial charge on any atom is 0.256 e. The molecule has 3 rings (SSSR count). The fourth-order valence-corrected chi connectivity index (χ4v) is 3.80. The molecule has 172 valence electrons. The Kier molecular flexibility index (Phi) is 7.89. The van der Waals surface area contributed by atoms with Crippen LogP contribution in [0.3, 0.4) is 0 Å². The molecule has 0 N–H and O–H groups in total. The minimum Gasteiger partial charge on any atom is -0.494 e. The Morgan fingerprint density at radius 2 is 1.59 bits per heavy atom. The van der Waals surface area contributed by atoms with Gasteiger partial charge in [-0.15, -0.1) is 0 Å². The van der Waals surface area contributed by atoms with E-state index in [4.69, 9.17) is 4.74 Å². The zero-order valence-electron chi connectivity index (χ0n) is 19.3. The summed E-state index contributed by atoms with van der Waals surface area (Å²) in [6.07, 6.45) is 1.72. The van der Waals surface area contributed by atoms with Gasteiger partial charge < -0.3 is 14.5 Å². The predicted octanol–water partition coefficient (Wildman–Crippen LogP) is 4.66. The van der Waals surface area contributed by atoms with Crippen molar-refractivity contribution in [3.8, 4) is 5.75 Å². The predicted molar refractivity (Wildman–Crippen MR) is 123 cm³/mol. The molecule has 0 saturated carbocycles. The Hall–Kier alpha value is -2.89. The molecule has 2 aromatic carbocycles. The van der Waals surface area contributed by atoms with Gasteiger partial charge in [-0.1, -0.05) is 45.0 Å². The van der Waals surface area contributed by atoms with Gasteiger partial charge in [-0.05, 0) is 48.1 Å². The van der Waals surface area contributed by atoms with Crippen molar-refractivity contribution in [2.24, 2.45) is 0 Å². The molecule has 0 unspecified atom stereocenters. The number of benzene rings is 2. The minimum atomic E-state index is -0.511. The normalized spacial score (nSPS) is 14.8. The van der Waals surface area contributed by atoms with Crippen molar-refractivity contribution < 1.29 is 18.7 Å². The summed E-state index contributed by atoms with van der Waals surface area (Å²) in [5.74, 6) is 0.0467. The third-order valence-electron chi connectivity index (χ3n) is 5.76. The topological polar surface area (TPSA) is 49.9 Å². The maximum absolute atomic E-state index is 13.9. The zero-order valence-corrected chi connectivity index (χ0v) is 19.3. The molecule has 1 aliphatic rings. The summed E-state index contributed by atoms with van der Waals surface area (Å²) >= 11 is 0. The van der Waals surface area contributed by atoms with Crippen molar-refractivity contribution in [3.63, 3.8) is 0 Å². The van der Waals surface area contributed by atoms with Crippen molar-refractivity contribution in [2.45, 2.75) is 45.4 Å². The van der Waals surface area contributed by atoms with Crippen LogP contribution in [-0.4, -0.2) is 54.4 Å². The van der Waals surface area contributed by atoms with Crippen molar-refractivity contribution in [2.75, 3.05) is 32.8 Å².